The Balaban J connectivity index is 1.51. The SMILES string of the molecule is Cc1ccc(S(=O)(=O)N(CC(=O)NCc2cccc(CN3CCCC3=O)c2)c2cc(Cl)cc(Cl)c2)cc1. The van der Waals surface area contributed by atoms with Crippen LogP contribution in [-0.4, -0.2) is 38.2 Å². The van der Waals surface area contributed by atoms with Gasteiger partial charge in [-0.15, -0.1) is 0 Å². The van der Waals surface area contributed by atoms with Gasteiger partial charge >= 0.3 is 0 Å². The first-order valence-corrected chi connectivity index (χ1v) is 14.0. The molecule has 0 bridgehead atoms. The maximum Gasteiger partial charge on any atom is 0.264 e. The van der Waals surface area contributed by atoms with Crippen molar-refractivity contribution in [3.8, 4) is 0 Å². The Labute approximate surface area is 227 Å². The average molecular weight is 561 g/mol. The predicted molar refractivity (Wildman–Crippen MR) is 145 cm³/mol. The van der Waals surface area contributed by atoms with Crippen LogP contribution in [0.3, 0.4) is 0 Å². The minimum Gasteiger partial charge on any atom is -0.350 e. The van der Waals surface area contributed by atoms with Crippen molar-refractivity contribution in [2.75, 3.05) is 17.4 Å². The lowest BCUT2D eigenvalue weighted by Gasteiger charge is -2.24. The van der Waals surface area contributed by atoms with Gasteiger partial charge in [-0.3, -0.25) is 13.9 Å². The van der Waals surface area contributed by atoms with Crippen LogP contribution in [0.5, 0.6) is 0 Å². The molecule has 0 unspecified atom stereocenters. The number of benzene rings is 3. The average Bonchev–Trinajstić information content (AvgIpc) is 3.25. The molecule has 2 amide bonds. The summed E-state index contributed by atoms with van der Waals surface area (Å²) < 4.78 is 28.1. The van der Waals surface area contributed by atoms with Crippen LogP contribution in [0.2, 0.25) is 10.0 Å². The van der Waals surface area contributed by atoms with Crippen LogP contribution in [0, 0.1) is 6.92 Å². The van der Waals surface area contributed by atoms with Gasteiger partial charge in [0.25, 0.3) is 10.0 Å². The van der Waals surface area contributed by atoms with Gasteiger partial charge < -0.3 is 10.2 Å². The van der Waals surface area contributed by atoms with E-state index in [-0.39, 0.29) is 33.1 Å². The fourth-order valence-electron chi connectivity index (χ4n) is 4.15. The lowest BCUT2D eigenvalue weighted by molar-refractivity contribution is -0.128. The summed E-state index contributed by atoms with van der Waals surface area (Å²) >= 11 is 12.3. The Bertz CT molecular complexity index is 1390. The molecule has 0 aromatic heterocycles. The van der Waals surface area contributed by atoms with E-state index in [9.17, 15) is 18.0 Å². The second-order valence-electron chi connectivity index (χ2n) is 8.97. The number of likely N-dealkylation sites (tertiary alicyclic amines) is 1. The number of amides is 2. The first kappa shape index (κ1) is 27.0. The Morgan fingerprint density at radius 3 is 2.32 bits per heavy atom. The number of carbonyl (C=O) groups excluding carboxylic acids is 2. The van der Waals surface area contributed by atoms with E-state index in [2.05, 4.69) is 5.32 Å². The molecule has 1 saturated heterocycles. The van der Waals surface area contributed by atoms with Crippen molar-refractivity contribution in [1.82, 2.24) is 10.2 Å². The summed E-state index contributed by atoms with van der Waals surface area (Å²) in [5, 5.41) is 3.30. The van der Waals surface area contributed by atoms with Gasteiger partial charge in [-0.1, -0.05) is 65.2 Å². The summed E-state index contributed by atoms with van der Waals surface area (Å²) in [6.45, 7) is 2.87. The number of sulfonamides is 1. The minimum atomic E-state index is -4.09. The van der Waals surface area contributed by atoms with E-state index in [1.807, 2.05) is 36.1 Å². The Hall–Kier alpha value is -3.07. The van der Waals surface area contributed by atoms with Crippen molar-refractivity contribution < 1.29 is 18.0 Å². The fraction of sp³-hybridized carbons (Fsp3) is 0.259. The molecular formula is C27H27Cl2N3O4S. The van der Waals surface area contributed by atoms with Crippen LogP contribution in [-0.2, 0) is 32.7 Å². The van der Waals surface area contributed by atoms with Gasteiger partial charge in [-0.05, 0) is 54.8 Å². The highest BCUT2D eigenvalue weighted by atomic mass is 35.5. The summed E-state index contributed by atoms with van der Waals surface area (Å²) in [5.74, 6) is -0.346. The summed E-state index contributed by atoms with van der Waals surface area (Å²) in [5.41, 5.74) is 2.91. The standard InChI is InChI=1S/C27H27Cl2N3O4S/c1-19-7-9-25(10-8-19)37(35,36)32(24-14-22(28)13-23(29)15-24)18-26(33)30-16-20-4-2-5-21(12-20)17-31-11-3-6-27(31)34/h2,4-5,7-10,12-15H,3,6,11,16-18H2,1H3,(H,30,33). The summed E-state index contributed by atoms with van der Waals surface area (Å²) in [6.07, 6.45) is 1.45. The molecule has 0 atom stereocenters. The zero-order valence-electron chi connectivity index (χ0n) is 20.3. The molecule has 4 rings (SSSR count). The molecule has 0 radical (unpaired) electrons. The van der Waals surface area contributed by atoms with Crippen molar-refractivity contribution in [3.05, 3.63) is 93.5 Å². The molecule has 1 N–H and O–H groups in total. The van der Waals surface area contributed by atoms with Crippen molar-refractivity contribution in [2.45, 2.75) is 37.8 Å². The molecule has 10 heteroatoms. The maximum atomic E-state index is 13.5. The van der Waals surface area contributed by atoms with E-state index in [4.69, 9.17) is 23.2 Å². The van der Waals surface area contributed by atoms with Gasteiger partial charge in [0, 0.05) is 36.1 Å². The third-order valence-corrected chi connectivity index (χ3v) is 8.28. The number of rotatable bonds is 9. The van der Waals surface area contributed by atoms with E-state index in [1.165, 1.54) is 30.3 Å². The first-order chi connectivity index (χ1) is 17.6. The smallest absolute Gasteiger partial charge is 0.264 e. The minimum absolute atomic E-state index is 0.0474. The molecule has 1 aliphatic heterocycles. The quantitative estimate of drug-likeness (QED) is 0.402. The number of halogens is 2. The summed E-state index contributed by atoms with van der Waals surface area (Å²) in [6, 6.07) is 18.4. The maximum absolute atomic E-state index is 13.5. The van der Waals surface area contributed by atoms with Gasteiger partial charge in [0.2, 0.25) is 11.8 Å². The zero-order chi connectivity index (χ0) is 26.6. The molecule has 1 aliphatic rings. The monoisotopic (exact) mass is 559 g/mol. The molecule has 37 heavy (non-hydrogen) atoms. The third kappa shape index (κ3) is 6.83. The Kier molecular flexibility index (Phi) is 8.42. The van der Waals surface area contributed by atoms with Crippen LogP contribution in [0.1, 0.15) is 29.5 Å². The van der Waals surface area contributed by atoms with Gasteiger partial charge in [0.15, 0.2) is 0 Å². The highest BCUT2D eigenvalue weighted by Crippen LogP contribution is 2.29. The van der Waals surface area contributed by atoms with Crippen LogP contribution in [0.15, 0.2) is 71.6 Å². The van der Waals surface area contributed by atoms with Gasteiger partial charge in [0.1, 0.15) is 6.54 Å². The highest BCUT2D eigenvalue weighted by Gasteiger charge is 2.28. The van der Waals surface area contributed by atoms with Crippen LogP contribution >= 0.6 is 23.2 Å². The van der Waals surface area contributed by atoms with Gasteiger partial charge in [-0.2, -0.15) is 0 Å². The summed E-state index contributed by atoms with van der Waals surface area (Å²) in [4.78, 5) is 26.8. The Morgan fingerprint density at radius 2 is 1.68 bits per heavy atom. The molecule has 0 saturated carbocycles. The molecular weight excluding hydrogens is 533 g/mol. The second-order valence-corrected chi connectivity index (χ2v) is 11.7. The Morgan fingerprint density at radius 1 is 1.00 bits per heavy atom. The normalized spacial score (nSPS) is 13.6. The molecule has 7 nitrogen and oxygen atoms in total. The third-order valence-electron chi connectivity index (χ3n) is 6.06. The van der Waals surface area contributed by atoms with E-state index >= 15 is 0 Å². The number of carbonyl (C=O) groups is 2. The van der Waals surface area contributed by atoms with Crippen molar-refractivity contribution in [1.29, 1.82) is 0 Å². The topological polar surface area (TPSA) is 86.8 Å². The number of hydrogen-bond donors (Lipinski definition) is 1. The number of nitrogens with zero attached hydrogens (tertiary/aromatic N) is 2. The van der Waals surface area contributed by atoms with Crippen LogP contribution in [0.25, 0.3) is 0 Å². The van der Waals surface area contributed by atoms with E-state index in [0.29, 0.717) is 13.0 Å². The van der Waals surface area contributed by atoms with Crippen LogP contribution < -0.4 is 9.62 Å². The van der Waals surface area contributed by atoms with Crippen molar-refractivity contribution >= 4 is 50.7 Å². The van der Waals surface area contributed by atoms with Crippen LogP contribution in [0.4, 0.5) is 5.69 Å². The molecule has 0 aliphatic carbocycles. The predicted octanol–water partition coefficient (Wildman–Crippen LogP) is 4.94. The number of hydrogen-bond acceptors (Lipinski definition) is 4. The van der Waals surface area contributed by atoms with Gasteiger partial charge in [0.05, 0.1) is 10.6 Å². The molecule has 1 fully saturated rings. The first-order valence-electron chi connectivity index (χ1n) is 11.8. The molecule has 194 valence electrons. The van der Waals surface area contributed by atoms with Crippen molar-refractivity contribution in [2.24, 2.45) is 0 Å². The zero-order valence-corrected chi connectivity index (χ0v) is 22.6. The number of anilines is 1. The lowest BCUT2D eigenvalue weighted by Crippen LogP contribution is -2.40. The molecule has 0 spiro atoms. The molecule has 1 heterocycles. The van der Waals surface area contributed by atoms with E-state index in [1.54, 1.807) is 12.1 Å². The molecule has 3 aromatic rings. The molecule has 3 aromatic carbocycles. The largest absolute Gasteiger partial charge is 0.350 e. The van der Waals surface area contributed by atoms with Gasteiger partial charge in [-0.25, -0.2) is 8.42 Å². The lowest BCUT2D eigenvalue weighted by atomic mass is 10.1. The number of nitrogens with one attached hydrogen (secondary N) is 1. The summed E-state index contributed by atoms with van der Waals surface area (Å²) in [7, 11) is -4.09. The second kappa shape index (κ2) is 11.5. The highest BCUT2D eigenvalue weighted by molar-refractivity contribution is 7.92. The van der Waals surface area contributed by atoms with E-state index < -0.39 is 22.5 Å². The fourth-order valence-corrected chi connectivity index (χ4v) is 6.07. The number of aryl methyl sites for hydroxylation is 1. The van der Waals surface area contributed by atoms with Crippen molar-refractivity contribution in [3.63, 3.8) is 0 Å². The van der Waals surface area contributed by atoms with E-state index in [0.717, 1.165) is 34.0 Å².